The van der Waals surface area contributed by atoms with E-state index >= 15 is 0 Å². The van der Waals surface area contributed by atoms with Crippen LogP contribution in [0.3, 0.4) is 0 Å². The van der Waals surface area contributed by atoms with E-state index in [1.807, 2.05) is 0 Å². The van der Waals surface area contributed by atoms with Crippen LogP contribution in [0.1, 0.15) is 24.0 Å². The predicted molar refractivity (Wildman–Crippen MR) is 97.9 cm³/mol. The van der Waals surface area contributed by atoms with E-state index in [0.717, 1.165) is 62.5 Å². The van der Waals surface area contributed by atoms with Crippen LogP contribution in [-0.4, -0.2) is 65.2 Å². The van der Waals surface area contributed by atoms with Crippen molar-refractivity contribution in [3.8, 4) is 0 Å². The second kappa shape index (κ2) is 7.26. The molecule has 1 amide bonds. The Morgan fingerprint density at radius 2 is 1.77 bits per heavy atom. The molecule has 1 fully saturated rings. The number of sulfonamides is 1. The molecular weight excluding hydrogens is 354 g/mol. The molecule has 1 saturated heterocycles. The van der Waals surface area contributed by atoms with Crippen LogP contribution in [0.2, 0.25) is 0 Å². The first-order chi connectivity index (χ1) is 12.5. The van der Waals surface area contributed by atoms with Gasteiger partial charge >= 0.3 is 0 Å². The van der Waals surface area contributed by atoms with Gasteiger partial charge in [0.15, 0.2) is 0 Å². The Morgan fingerprint density at radius 3 is 2.54 bits per heavy atom. The maximum atomic E-state index is 12.7. The molecule has 7 nitrogen and oxygen atoms in total. The quantitative estimate of drug-likeness (QED) is 0.729. The summed E-state index contributed by atoms with van der Waals surface area (Å²) in [6.45, 7) is 5.30. The number of nitrogens with zero attached hydrogens (tertiary/aromatic N) is 2. The highest BCUT2D eigenvalue weighted by molar-refractivity contribution is 7.89. The molecule has 0 unspecified atom stereocenters. The number of anilines is 1. The Morgan fingerprint density at radius 1 is 1.04 bits per heavy atom. The summed E-state index contributed by atoms with van der Waals surface area (Å²) >= 11 is 0. The molecule has 1 aromatic carbocycles. The van der Waals surface area contributed by atoms with Crippen LogP contribution in [0.4, 0.5) is 5.69 Å². The molecule has 3 aliphatic heterocycles. The number of nitrogens with one attached hydrogen (secondary N) is 1. The van der Waals surface area contributed by atoms with E-state index in [4.69, 9.17) is 4.74 Å². The first kappa shape index (κ1) is 17.9. The standard InChI is InChI=1S/C18H25N3O4S/c22-17-3-2-14-12-16(13-15-4-7-21(17)18(14)15)26(23,24)19-5-1-6-20-8-10-25-11-9-20/h12-13,19H,1-11H2. The lowest BCUT2D eigenvalue weighted by Gasteiger charge is -2.26. The van der Waals surface area contributed by atoms with Crippen molar-refractivity contribution in [3.63, 3.8) is 0 Å². The third-order valence-corrected chi connectivity index (χ3v) is 6.82. The topological polar surface area (TPSA) is 79.0 Å². The van der Waals surface area contributed by atoms with Crippen molar-refractivity contribution >= 4 is 21.6 Å². The summed E-state index contributed by atoms with van der Waals surface area (Å²) in [4.78, 5) is 16.4. The van der Waals surface area contributed by atoms with Crippen LogP contribution < -0.4 is 9.62 Å². The fourth-order valence-corrected chi connectivity index (χ4v) is 5.17. The summed E-state index contributed by atoms with van der Waals surface area (Å²) in [7, 11) is -3.52. The number of carbonyl (C=O) groups excluding carboxylic acids is 1. The molecular formula is C18H25N3O4S. The van der Waals surface area contributed by atoms with Gasteiger partial charge in [0.1, 0.15) is 0 Å². The molecule has 0 radical (unpaired) electrons. The average Bonchev–Trinajstić information content (AvgIpc) is 3.08. The molecule has 0 aliphatic carbocycles. The number of carbonyl (C=O) groups is 1. The summed E-state index contributed by atoms with van der Waals surface area (Å²) in [5, 5.41) is 0. The Kier molecular flexibility index (Phi) is 5.00. The average molecular weight is 379 g/mol. The normalized spacial score (nSPS) is 20.5. The Hall–Kier alpha value is -1.48. The van der Waals surface area contributed by atoms with Crippen LogP contribution >= 0.6 is 0 Å². The molecule has 0 saturated carbocycles. The van der Waals surface area contributed by atoms with E-state index in [1.54, 1.807) is 17.0 Å². The van der Waals surface area contributed by atoms with Gasteiger partial charge in [-0.1, -0.05) is 0 Å². The lowest BCUT2D eigenvalue weighted by molar-refractivity contribution is -0.118. The highest BCUT2D eigenvalue weighted by Crippen LogP contribution is 2.38. The zero-order chi connectivity index (χ0) is 18.1. The van der Waals surface area contributed by atoms with Gasteiger partial charge in [0, 0.05) is 32.6 Å². The predicted octanol–water partition coefficient (Wildman–Crippen LogP) is 0.523. The van der Waals surface area contributed by atoms with Crippen molar-refractivity contribution in [2.75, 3.05) is 50.8 Å². The lowest BCUT2D eigenvalue weighted by Crippen LogP contribution is -2.38. The molecule has 1 aromatic rings. The molecule has 4 rings (SSSR count). The van der Waals surface area contributed by atoms with Gasteiger partial charge in [0.2, 0.25) is 15.9 Å². The number of ether oxygens (including phenoxy) is 1. The van der Waals surface area contributed by atoms with E-state index in [2.05, 4.69) is 9.62 Å². The first-order valence-electron chi connectivity index (χ1n) is 9.30. The van der Waals surface area contributed by atoms with Gasteiger partial charge in [0.05, 0.1) is 23.8 Å². The van der Waals surface area contributed by atoms with Crippen molar-refractivity contribution in [2.45, 2.75) is 30.6 Å². The van der Waals surface area contributed by atoms with Crippen LogP contribution in [0, 0.1) is 0 Å². The summed E-state index contributed by atoms with van der Waals surface area (Å²) in [6.07, 6.45) is 2.59. The van der Waals surface area contributed by atoms with Gasteiger partial charge in [-0.05, 0) is 49.1 Å². The number of aryl methyl sites for hydroxylation is 1. The Bertz CT molecular complexity index is 803. The highest BCUT2D eigenvalue weighted by atomic mass is 32.2. The molecule has 3 aliphatic rings. The minimum atomic E-state index is -3.52. The van der Waals surface area contributed by atoms with Gasteiger partial charge < -0.3 is 9.64 Å². The van der Waals surface area contributed by atoms with E-state index in [1.165, 1.54) is 0 Å². The summed E-state index contributed by atoms with van der Waals surface area (Å²) in [5.74, 6) is 0.146. The largest absolute Gasteiger partial charge is 0.379 e. The van der Waals surface area contributed by atoms with E-state index in [9.17, 15) is 13.2 Å². The smallest absolute Gasteiger partial charge is 0.240 e. The van der Waals surface area contributed by atoms with Crippen LogP contribution in [0.5, 0.6) is 0 Å². The maximum Gasteiger partial charge on any atom is 0.240 e. The fraction of sp³-hybridized carbons (Fsp3) is 0.611. The van der Waals surface area contributed by atoms with Gasteiger partial charge in [-0.3, -0.25) is 9.69 Å². The first-order valence-corrected chi connectivity index (χ1v) is 10.8. The molecule has 26 heavy (non-hydrogen) atoms. The number of rotatable bonds is 6. The second-order valence-corrected chi connectivity index (χ2v) is 8.86. The Balaban J connectivity index is 1.41. The highest BCUT2D eigenvalue weighted by Gasteiger charge is 2.32. The fourth-order valence-electron chi connectivity index (χ4n) is 4.00. The number of benzene rings is 1. The molecule has 0 bridgehead atoms. The summed E-state index contributed by atoms with van der Waals surface area (Å²) < 4.78 is 33.4. The molecule has 1 N–H and O–H groups in total. The monoisotopic (exact) mass is 379 g/mol. The maximum absolute atomic E-state index is 12.7. The number of hydrogen-bond donors (Lipinski definition) is 1. The zero-order valence-electron chi connectivity index (χ0n) is 14.9. The van der Waals surface area contributed by atoms with Gasteiger partial charge in [-0.15, -0.1) is 0 Å². The van der Waals surface area contributed by atoms with Crippen molar-refractivity contribution in [3.05, 3.63) is 23.3 Å². The van der Waals surface area contributed by atoms with E-state index in [0.29, 0.717) is 30.8 Å². The van der Waals surface area contributed by atoms with E-state index in [-0.39, 0.29) is 5.91 Å². The van der Waals surface area contributed by atoms with Gasteiger partial charge in [-0.2, -0.15) is 0 Å². The van der Waals surface area contributed by atoms with Crippen molar-refractivity contribution in [1.29, 1.82) is 0 Å². The van der Waals surface area contributed by atoms with Gasteiger partial charge in [-0.25, -0.2) is 13.1 Å². The zero-order valence-corrected chi connectivity index (χ0v) is 15.7. The number of morpholine rings is 1. The van der Waals surface area contributed by atoms with Crippen molar-refractivity contribution < 1.29 is 17.9 Å². The van der Waals surface area contributed by atoms with Crippen LogP contribution in [-0.2, 0) is 32.4 Å². The second-order valence-electron chi connectivity index (χ2n) is 7.09. The van der Waals surface area contributed by atoms with E-state index < -0.39 is 10.0 Å². The molecule has 0 aromatic heterocycles. The van der Waals surface area contributed by atoms with Gasteiger partial charge in [0.25, 0.3) is 0 Å². The SMILES string of the molecule is O=C1CCc2cc(S(=O)(=O)NCCCN3CCOCC3)cc3c2N1CC3. The molecule has 8 heteroatoms. The molecule has 0 spiro atoms. The third-order valence-electron chi connectivity index (χ3n) is 5.38. The minimum Gasteiger partial charge on any atom is -0.379 e. The number of hydrogen-bond acceptors (Lipinski definition) is 5. The third kappa shape index (κ3) is 3.51. The lowest BCUT2D eigenvalue weighted by atomic mass is 10.00. The van der Waals surface area contributed by atoms with Crippen LogP contribution in [0.25, 0.3) is 0 Å². The molecule has 3 heterocycles. The molecule has 0 atom stereocenters. The summed E-state index contributed by atoms with van der Waals surface area (Å²) in [6, 6.07) is 3.48. The Labute approximate surface area is 154 Å². The molecule has 142 valence electrons. The summed E-state index contributed by atoms with van der Waals surface area (Å²) in [5.41, 5.74) is 2.91. The number of amides is 1. The van der Waals surface area contributed by atoms with Crippen molar-refractivity contribution in [1.82, 2.24) is 9.62 Å². The van der Waals surface area contributed by atoms with Crippen molar-refractivity contribution in [2.24, 2.45) is 0 Å². The van der Waals surface area contributed by atoms with Crippen LogP contribution in [0.15, 0.2) is 17.0 Å². The minimum absolute atomic E-state index is 0.146.